The first-order valence-electron chi connectivity index (χ1n) is 9.71. The zero-order valence-corrected chi connectivity index (χ0v) is 16.9. The van der Waals surface area contributed by atoms with Gasteiger partial charge in [-0.3, -0.25) is 9.59 Å². The maximum Gasteiger partial charge on any atom is 0.338 e. The maximum atomic E-state index is 12.3. The third-order valence-corrected chi connectivity index (χ3v) is 4.65. The molecule has 152 valence electrons. The lowest BCUT2D eigenvalue weighted by atomic mass is 10.0. The summed E-state index contributed by atoms with van der Waals surface area (Å²) in [4.78, 5) is 36.6. The molecule has 5 heteroatoms. The van der Waals surface area contributed by atoms with Gasteiger partial charge in [-0.1, -0.05) is 44.2 Å². The minimum Gasteiger partial charge on any atom is -0.454 e. The maximum absolute atomic E-state index is 12.3. The number of Topliss-reactive ketones (excluding diaryl/α,β-unsaturated/α-hetero) is 1. The molecule has 3 aromatic carbocycles. The van der Waals surface area contributed by atoms with Gasteiger partial charge in [0.25, 0.3) is 5.91 Å². The highest BCUT2D eigenvalue weighted by Crippen LogP contribution is 2.16. The van der Waals surface area contributed by atoms with Crippen LogP contribution in [0.4, 0.5) is 5.69 Å². The molecule has 5 nitrogen and oxygen atoms in total. The monoisotopic (exact) mass is 401 g/mol. The molecular weight excluding hydrogens is 378 g/mol. The molecule has 0 bridgehead atoms. The van der Waals surface area contributed by atoms with Crippen molar-refractivity contribution in [1.82, 2.24) is 0 Å². The topological polar surface area (TPSA) is 72.5 Å². The van der Waals surface area contributed by atoms with Gasteiger partial charge < -0.3 is 10.1 Å². The summed E-state index contributed by atoms with van der Waals surface area (Å²) >= 11 is 0. The van der Waals surface area contributed by atoms with E-state index < -0.39 is 5.97 Å². The summed E-state index contributed by atoms with van der Waals surface area (Å²) in [6.45, 7) is 3.80. The van der Waals surface area contributed by atoms with Crippen molar-refractivity contribution in [2.75, 3.05) is 11.9 Å². The van der Waals surface area contributed by atoms with E-state index in [1.165, 1.54) is 0 Å². The van der Waals surface area contributed by atoms with Gasteiger partial charge in [0.2, 0.25) is 0 Å². The van der Waals surface area contributed by atoms with Crippen molar-refractivity contribution >= 4 is 23.3 Å². The molecule has 0 unspecified atom stereocenters. The van der Waals surface area contributed by atoms with E-state index in [9.17, 15) is 14.4 Å². The first-order chi connectivity index (χ1) is 14.4. The van der Waals surface area contributed by atoms with E-state index in [-0.39, 0.29) is 18.3 Å². The van der Waals surface area contributed by atoms with Crippen LogP contribution in [0.25, 0.3) is 0 Å². The summed E-state index contributed by atoms with van der Waals surface area (Å²) in [6, 6.07) is 22.5. The molecule has 0 fully saturated rings. The Kier molecular flexibility index (Phi) is 6.75. The second kappa shape index (κ2) is 9.65. The van der Waals surface area contributed by atoms with Crippen molar-refractivity contribution in [1.29, 1.82) is 0 Å². The predicted octanol–water partition coefficient (Wildman–Crippen LogP) is 5.10. The lowest BCUT2D eigenvalue weighted by molar-refractivity contribution is 0.0474. The fraction of sp³-hybridized carbons (Fsp3) is 0.160. The van der Waals surface area contributed by atoms with E-state index in [1.54, 1.807) is 60.7 Å². The first kappa shape index (κ1) is 21.0. The molecule has 0 aliphatic carbocycles. The van der Waals surface area contributed by atoms with Crippen LogP contribution in [0.15, 0.2) is 78.9 Å². The van der Waals surface area contributed by atoms with E-state index in [0.717, 1.165) is 5.56 Å². The highest BCUT2D eigenvalue weighted by Gasteiger charge is 2.13. The summed E-state index contributed by atoms with van der Waals surface area (Å²) in [6.07, 6.45) is 0. The summed E-state index contributed by atoms with van der Waals surface area (Å²) < 4.78 is 5.14. The van der Waals surface area contributed by atoms with Gasteiger partial charge >= 0.3 is 5.97 Å². The van der Waals surface area contributed by atoms with Gasteiger partial charge in [0.15, 0.2) is 12.4 Å². The number of ether oxygens (including phenoxy) is 1. The summed E-state index contributed by atoms with van der Waals surface area (Å²) in [5.41, 5.74) is 3.05. The van der Waals surface area contributed by atoms with Crippen LogP contribution >= 0.6 is 0 Å². The molecule has 30 heavy (non-hydrogen) atoms. The Labute approximate surface area is 175 Å². The number of carbonyl (C=O) groups excluding carboxylic acids is 3. The second-order valence-corrected chi connectivity index (χ2v) is 7.17. The van der Waals surface area contributed by atoms with E-state index in [2.05, 4.69) is 19.2 Å². The van der Waals surface area contributed by atoms with Crippen molar-refractivity contribution in [3.05, 3.63) is 101 Å². The van der Waals surface area contributed by atoms with Crippen LogP contribution in [-0.2, 0) is 4.74 Å². The van der Waals surface area contributed by atoms with E-state index in [0.29, 0.717) is 28.3 Å². The molecule has 0 spiro atoms. The molecule has 0 saturated heterocycles. The van der Waals surface area contributed by atoms with Crippen molar-refractivity contribution in [3.8, 4) is 0 Å². The summed E-state index contributed by atoms with van der Waals surface area (Å²) in [5.74, 6) is -0.710. The number of amides is 1. The van der Waals surface area contributed by atoms with Crippen LogP contribution in [0.3, 0.4) is 0 Å². The molecule has 0 radical (unpaired) electrons. The average Bonchev–Trinajstić information content (AvgIpc) is 2.78. The zero-order valence-electron chi connectivity index (χ0n) is 16.9. The van der Waals surface area contributed by atoms with Crippen molar-refractivity contribution in [2.45, 2.75) is 19.8 Å². The van der Waals surface area contributed by atoms with Crippen LogP contribution < -0.4 is 5.32 Å². The largest absolute Gasteiger partial charge is 0.454 e. The molecule has 0 saturated carbocycles. The van der Waals surface area contributed by atoms with E-state index in [4.69, 9.17) is 4.74 Å². The Morgan fingerprint density at radius 2 is 1.37 bits per heavy atom. The number of benzene rings is 3. The predicted molar refractivity (Wildman–Crippen MR) is 116 cm³/mol. The van der Waals surface area contributed by atoms with Crippen molar-refractivity contribution in [2.24, 2.45) is 0 Å². The third kappa shape index (κ3) is 5.41. The Hall–Kier alpha value is -3.73. The molecule has 0 aliphatic heterocycles. The minimum absolute atomic E-state index is 0.230. The highest BCUT2D eigenvalue weighted by molar-refractivity contribution is 6.05. The fourth-order valence-electron chi connectivity index (χ4n) is 2.83. The second-order valence-electron chi connectivity index (χ2n) is 7.17. The third-order valence-electron chi connectivity index (χ3n) is 4.65. The number of ketones is 1. The molecule has 1 amide bonds. The van der Waals surface area contributed by atoms with Crippen LogP contribution in [0.2, 0.25) is 0 Å². The Balaban J connectivity index is 1.54. The SMILES string of the molecule is CC(C)c1ccc(C(=O)OCC(=O)c2ccc(NC(=O)c3ccccc3)cc2)cc1. The van der Waals surface area contributed by atoms with Crippen LogP contribution in [0.5, 0.6) is 0 Å². The number of rotatable bonds is 7. The van der Waals surface area contributed by atoms with Crippen molar-refractivity contribution < 1.29 is 19.1 Å². The van der Waals surface area contributed by atoms with Gasteiger partial charge in [0, 0.05) is 16.8 Å². The van der Waals surface area contributed by atoms with Gasteiger partial charge in [0.1, 0.15) is 0 Å². The van der Waals surface area contributed by atoms with E-state index >= 15 is 0 Å². The molecule has 3 aromatic rings. The first-order valence-corrected chi connectivity index (χ1v) is 9.71. The Morgan fingerprint density at radius 3 is 1.97 bits per heavy atom. The lowest BCUT2D eigenvalue weighted by Gasteiger charge is -2.08. The van der Waals surface area contributed by atoms with Gasteiger partial charge in [-0.2, -0.15) is 0 Å². The summed E-state index contributed by atoms with van der Waals surface area (Å²) in [5, 5.41) is 2.77. The highest BCUT2D eigenvalue weighted by atomic mass is 16.5. The van der Waals surface area contributed by atoms with Gasteiger partial charge in [-0.15, -0.1) is 0 Å². The Morgan fingerprint density at radius 1 is 0.767 bits per heavy atom. The number of hydrogen-bond donors (Lipinski definition) is 1. The average molecular weight is 401 g/mol. The minimum atomic E-state index is -0.537. The zero-order chi connectivity index (χ0) is 21.5. The van der Waals surface area contributed by atoms with Gasteiger partial charge in [-0.05, 0) is 60.0 Å². The molecule has 0 heterocycles. The molecule has 0 atom stereocenters. The van der Waals surface area contributed by atoms with Gasteiger partial charge in [-0.25, -0.2) is 4.79 Å². The number of nitrogens with one attached hydrogen (secondary N) is 1. The van der Waals surface area contributed by atoms with Gasteiger partial charge in [0.05, 0.1) is 5.56 Å². The molecule has 0 aliphatic rings. The van der Waals surface area contributed by atoms with Crippen LogP contribution in [0, 0.1) is 0 Å². The molecule has 0 aromatic heterocycles. The molecule has 1 N–H and O–H groups in total. The standard InChI is InChI=1S/C25H23NO4/c1-17(2)18-8-10-21(11-9-18)25(29)30-16-23(27)19-12-14-22(15-13-19)26-24(28)20-6-4-3-5-7-20/h3-15,17H,16H2,1-2H3,(H,26,28). The molecular formula is C25H23NO4. The van der Waals surface area contributed by atoms with Crippen LogP contribution in [-0.4, -0.2) is 24.3 Å². The van der Waals surface area contributed by atoms with E-state index in [1.807, 2.05) is 18.2 Å². The fourth-order valence-corrected chi connectivity index (χ4v) is 2.83. The normalized spacial score (nSPS) is 10.5. The number of esters is 1. The quantitative estimate of drug-likeness (QED) is 0.441. The number of anilines is 1. The van der Waals surface area contributed by atoms with Crippen molar-refractivity contribution in [3.63, 3.8) is 0 Å². The lowest BCUT2D eigenvalue weighted by Crippen LogP contribution is -2.15. The Bertz CT molecular complexity index is 1020. The molecule has 3 rings (SSSR count). The number of carbonyl (C=O) groups is 3. The smallest absolute Gasteiger partial charge is 0.338 e. The van der Waals surface area contributed by atoms with Crippen LogP contribution in [0.1, 0.15) is 56.4 Å². The number of hydrogen-bond acceptors (Lipinski definition) is 4. The summed E-state index contributed by atoms with van der Waals surface area (Å²) in [7, 11) is 0.